The monoisotopic (exact) mass is 220 g/mol. The van der Waals surface area contributed by atoms with Crippen LogP contribution >= 0.6 is 0 Å². The first-order chi connectivity index (χ1) is 7.95. The highest BCUT2D eigenvalue weighted by atomic mass is 16.5. The Hall–Kier alpha value is -1.20. The molecule has 1 aromatic rings. The Balaban J connectivity index is 1.90. The standard InChI is InChI=1S/C11H16N4O/c1-2-12-3-5-15(4-1)11-9-6-16-7-10(9)13-8-14-11/h8,12H,1-7H2. The van der Waals surface area contributed by atoms with E-state index in [4.69, 9.17) is 4.74 Å². The van der Waals surface area contributed by atoms with Gasteiger partial charge in [0.2, 0.25) is 0 Å². The van der Waals surface area contributed by atoms with Crippen LogP contribution in [0, 0.1) is 0 Å². The van der Waals surface area contributed by atoms with Gasteiger partial charge in [0.25, 0.3) is 0 Å². The number of ether oxygens (including phenoxy) is 1. The minimum Gasteiger partial charge on any atom is -0.370 e. The lowest BCUT2D eigenvalue weighted by molar-refractivity contribution is 0.133. The van der Waals surface area contributed by atoms with E-state index in [1.807, 2.05) is 0 Å². The van der Waals surface area contributed by atoms with E-state index < -0.39 is 0 Å². The molecule has 3 heterocycles. The Kier molecular flexibility index (Phi) is 2.71. The highest BCUT2D eigenvalue weighted by Crippen LogP contribution is 2.26. The molecule has 0 saturated carbocycles. The molecule has 3 rings (SSSR count). The third-order valence-electron chi connectivity index (χ3n) is 3.14. The van der Waals surface area contributed by atoms with Crippen molar-refractivity contribution in [2.24, 2.45) is 0 Å². The molecule has 86 valence electrons. The number of hydrogen-bond acceptors (Lipinski definition) is 5. The van der Waals surface area contributed by atoms with Crippen LogP contribution in [-0.4, -0.2) is 36.1 Å². The van der Waals surface area contributed by atoms with Crippen LogP contribution in [0.2, 0.25) is 0 Å². The zero-order chi connectivity index (χ0) is 10.8. The Bertz CT molecular complexity index is 374. The van der Waals surface area contributed by atoms with Gasteiger partial charge in [-0.15, -0.1) is 0 Å². The molecule has 5 heteroatoms. The Morgan fingerprint density at radius 3 is 3.19 bits per heavy atom. The average molecular weight is 220 g/mol. The summed E-state index contributed by atoms with van der Waals surface area (Å²) in [5.74, 6) is 1.08. The molecular formula is C11H16N4O. The third-order valence-corrected chi connectivity index (χ3v) is 3.14. The normalized spacial score (nSPS) is 20.6. The maximum absolute atomic E-state index is 5.43. The Morgan fingerprint density at radius 2 is 2.19 bits per heavy atom. The zero-order valence-corrected chi connectivity index (χ0v) is 9.28. The molecule has 2 aliphatic heterocycles. The van der Waals surface area contributed by atoms with Crippen molar-refractivity contribution >= 4 is 5.82 Å². The molecule has 0 aliphatic carbocycles. The van der Waals surface area contributed by atoms with Gasteiger partial charge in [-0.2, -0.15) is 0 Å². The summed E-state index contributed by atoms with van der Waals surface area (Å²) in [6.45, 7) is 5.51. The number of fused-ring (bicyclic) bond motifs is 1. The van der Waals surface area contributed by atoms with Crippen molar-refractivity contribution in [3.8, 4) is 0 Å². The molecule has 0 bridgehead atoms. The van der Waals surface area contributed by atoms with Crippen LogP contribution < -0.4 is 10.2 Å². The van der Waals surface area contributed by atoms with Crippen LogP contribution in [0.4, 0.5) is 5.82 Å². The third kappa shape index (κ3) is 1.76. The molecule has 5 nitrogen and oxygen atoms in total. The maximum atomic E-state index is 5.43. The lowest BCUT2D eigenvalue weighted by atomic mass is 10.2. The molecule has 1 N–H and O–H groups in total. The molecule has 0 unspecified atom stereocenters. The fraction of sp³-hybridized carbons (Fsp3) is 0.636. The van der Waals surface area contributed by atoms with Crippen LogP contribution in [0.25, 0.3) is 0 Å². The molecule has 0 radical (unpaired) electrons. The van der Waals surface area contributed by atoms with Crippen molar-refractivity contribution < 1.29 is 4.74 Å². The molecular weight excluding hydrogens is 204 g/mol. The summed E-state index contributed by atoms with van der Waals surface area (Å²) in [7, 11) is 0. The van der Waals surface area contributed by atoms with E-state index in [2.05, 4.69) is 20.2 Å². The van der Waals surface area contributed by atoms with E-state index >= 15 is 0 Å². The van der Waals surface area contributed by atoms with E-state index in [1.54, 1.807) is 6.33 Å². The topological polar surface area (TPSA) is 50.3 Å². The second-order valence-corrected chi connectivity index (χ2v) is 4.21. The predicted octanol–water partition coefficient (Wildman–Crippen LogP) is 0.306. The van der Waals surface area contributed by atoms with Crippen molar-refractivity contribution in [3.05, 3.63) is 17.6 Å². The Labute approximate surface area is 94.8 Å². The number of rotatable bonds is 1. The van der Waals surface area contributed by atoms with E-state index in [0.29, 0.717) is 13.2 Å². The molecule has 2 aliphatic rings. The van der Waals surface area contributed by atoms with Crippen molar-refractivity contribution in [1.29, 1.82) is 0 Å². The lowest BCUT2D eigenvalue weighted by Gasteiger charge is -2.22. The van der Waals surface area contributed by atoms with E-state index in [-0.39, 0.29) is 0 Å². The van der Waals surface area contributed by atoms with Gasteiger partial charge in [-0.05, 0) is 13.0 Å². The second-order valence-electron chi connectivity index (χ2n) is 4.21. The zero-order valence-electron chi connectivity index (χ0n) is 9.28. The van der Waals surface area contributed by atoms with Crippen LogP contribution in [0.5, 0.6) is 0 Å². The average Bonchev–Trinajstić information content (AvgIpc) is 2.63. The first-order valence-electron chi connectivity index (χ1n) is 5.81. The predicted molar refractivity (Wildman–Crippen MR) is 60.2 cm³/mol. The van der Waals surface area contributed by atoms with Crippen molar-refractivity contribution in [2.75, 3.05) is 31.1 Å². The number of aromatic nitrogens is 2. The first-order valence-corrected chi connectivity index (χ1v) is 5.81. The smallest absolute Gasteiger partial charge is 0.137 e. The van der Waals surface area contributed by atoms with Gasteiger partial charge < -0.3 is 15.0 Å². The summed E-state index contributed by atoms with van der Waals surface area (Å²) < 4.78 is 5.43. The van der Waals surface area contributed by atoms with Crippen LogP contribution in [0.15, 0.2) is 6.33 Å². The van der Waals surface area contributed by atoms with Gasteiger partial charge in [0.15, 0.2) is 0 Å². The summed E-state index contributed by atoms with van der Waals surface area (Å²) in [4.78, 5) is 11.0. The van der Waals surface area contributed by atoms with Crippen LogP contribution in [0.3, 0.4) is 0 Å². The van der Waals surface area contributed by atoms with Crippen molar-refractivity contribution in [1.82, 2.24) is 15.3 Å². The fourth-order valence-corrected chi connectivity index (χ4v) is 2.29. The van der Waals surface area contributed by atoms with Gasteiger partial charge in [-0.25, -0.2) is 9.97 Å². The van der Waals surface area contributed by atoms with Gasteiger partial charge >= 0.3 is 0 Å². The lowest BCUT2D eigenvalue weighted by Crippen LogP contribution is -2.29. The largest absolute Gasteiger partial charge is 0.370 e. The van der Waals surface area contributed by atoms with E-state index in [1.165, 1.54) is 12.0 Å². The highest BCUT2D eigenvalue weighted by molar-refractivity contribution is 5.49. The molecule has 16 heavy (non-hydrogen) atoms. The Morgan fingerprint density at radius 1 is 1.19 bits per heavy atom. The van der Waals surface area contributed by atoms with E-state index in [9.17, 15) is 0 Å². The molecule has 0 spiro atoms. The molecule has 1 fully saturated rings. The first kappa shape index (κ1) is 9.99. The van der Waals surface area contributed by atoms with Gasteiger partial charge in [0, 0.05) is 25.2 Å². The molecule has 0 aromatic carbocycles. The number of hydrogen-bond donors (Lipinski definition) is 1. The summed E-state index contributed by atoms with van der Waals surface area (Å²) in [5, 5.41) is 3.40. The van der Waals surface area contributed by atoms with Gasteiger partial charge in [0.05, 0.1) is 18.9 Å². The number of anilines is 1. The van der Waals surface area contributed by atoms with Crippen LogP contribution in [0.1, 0.15) is 17.7 Å². The fourth-order valence-electron chi connectivity index (χ4n) is 2.29. The molecule has 1 aromatic heterocycles. The highest BCUT2D eigenvalue weighted by Gasteiger charge is 2.21. The summed E-state index contributed by atoms with van der Waals surface area (Å²) in [6.07, 6.45) is 2.82. The molecule has 0 amide bonds. The summed E-state index contributed by atoms with van der Waals surface area (Å²) in [6, 6.07) is 0. The number of nitrogens with one attached hydrogen (secondary N) is 1. The van der Waals surface area contributed by atoms with Gasteiger partial charge in [0.1, 0.15) is 12.1 Å². The van der Waals surface area contributed by atoms with E-state index in [0.717, 1.165) is 37.7 Å². The minimum atomic E-state index is 0.636. The quantitative estimate of drug-likeness (QED) is 0.738. The second kappa shape index (κ2) is 4.35. The maximum Gasteiger partial charge on any atom is 0.137 e. The molecule has 0 atom stereocenters. The molecule has 1 saturated heterocycles. The van der Waals surface area contributed by atoms with Crippen LogP contribution in [-0.2, 0) is 18.0 Å². The summed E-state index contributed by atoms with van der Waals surface area (Å²) >= 11 is 0. The summed E-state index contributed by atoms with van der Waals surface area (Å²) in [5.41, 5.74) is 2.24. The SMILES string of the molecule is c1nc2c(c(N3CCCNCC3)n1)COC2. The number of nitrogens with zero attached hydrogens (tertiary/aromatic N) is 3. The van der Waals surface area contributed by atoms with Gasteiger partial charge in [-0.3, -0.25) is 0 Å². The van der Waals surface area contributed by atoms with Gasteiger partial charge in [-0.1, -0.05) is 0 Å². The van der Waals surface area contributed by atoms with Crippen molar-refractivity contribution in [3.63, 3.8) is 0 Å². The minimum absolute atomic E-state index is 0.636. The van der Waals surface area contributed by atoms with Crippen molar-refractivity contribution in [2.45, 2.75) is 19.6 Å².